The Morgan fingerprint density at radius 2 is 2.27 bits per heavy atom. The van der Waals surface area contributed by atoms with Crippen molar-refractivity contribution in [2.45, 2.75) is 25.8 Å². The summed E-state index contributed by atoms with van der Waals surface area (Å²) in [6.07, 6.45) is 11.9. The first-order valence-electron chi connectivity index (χ1n) is 7.46. The van der Waals surface area contributed by atoms with Gasteiger partial charge in [0.2, 0.25) is 5.91 Å². The molecule has 2 heterocycles. The molecule has 6 heteroatoms. The molecule has 0 spiro atoms. The fourth-order valence-electron chi connectivity index (χ4n) is 2.58. The van der Waals surface area contributed by atoms with Crippen LogP contribution >= 0.6 is 0 Å². The highest BCUT2D eigenvalue weighted by Crippen LogP contribution is 2.19. The maximum absolute atomic E-state index is 12.2. The zero-order valence-corrected chi connectivity index (χ0v) is 12.6. The molecule has 1 amide bonds. The summed E-state index contributed by atoms with van der Waals surface area (Å²) in [6.45, 7) is 0.475. The van der Waals surface area contributed by atoms with Gasteiger partial charge in [-0.1, -0.05) is 12.2 Å². The van der Waals surface area contributed by atoms with Crippen molar-refractivity contribution in [1.82, 2.24) is 25.1 Å². The average molecular weight is 297 g/mol. The number of carbonyl (C=O) groups is 1. The minimum absolute atomic E-state index is 0.0951. The fourth-order valence-corrected chi connectivity index (χ4v) is 2.58. The Morgan fingerprint density at radius 3 is 3.00 bits per heavy atom. The van der Waals surface area contributed by atoms with E-state index in [1.165, 1.54) is 0 Å². The second-order valence-electron chi connectivity index (χ2n) is 5.43. The van der Waals surface area contributed by atoms with Crippen LogP contribution in [0.4, 0.5) is 0 Å². The number of aryl methyl sites for hydroxylation is 1. The fraction of sp³-hybridized carbons (Fsp3) is 0.375. The van der Waals surface area contributed by atoms with E-state index in [2.05, 4.69) is 32.5 Å². The minimum atomic E-state index is 0.0951. The smallest absolute Gasteiger partial charge is 0.223 e. The van der Waals surface area contributed by atoms with Crippen molar-refractivity contribution in [3.8, 4) is 11.4 Å². The summed E-state index contributed by atoms with van der Waals surface area (Å²) >= 11 is 0. The van der Waals surface area contributed by atoms with Gasteiger partial charge < -0.3 is 5.32 Å². The first-order chi connectivity index (χ1) is 10.7. The molecule has 1 atom stereocenters. The largest absolute Gasteiger partial charge is 0.350 e. The van der Waals surface area contributed by atoms with Crippen LogP contribution in [0.1, 0.15) is 25.0 Å². The van der Waals surface area contributed by atoms with Crippen molar-refractivity contribution in [3.05, 3.63) is 42.5 Å². The van der Waals surface area contributed by atoms with Gasteiger partial charge in [0, 0.05) is 25.4 Å². The van der Waals surface area contributed by atoms with Crippen molar-refractivity contribution in [1.29, 1.82) is 0 Å². The summed E-state index contributed by atoms with van der Waals surface area (Å²) in [5, 5.41) is 7.43. The standard InChI is InChI=1S/C16H19N5O/c1-21-13(9-14(20-21)15-11-17-7-8-18-15)10-19-16(22)12-5-3-2-4-6-12/h2-3,7-9,11-12H,4-6,10H2,1H3,(H,19,22)/t12-/m0/s1. The molecule has 2 aromatic rings. The van der Waals surface area contributed by atoms with Crippen LogP contribution < -0.4 is 5.32 Å². The van der Waals surface area contributed by atoms with E-state index in [4.69, 9.17) is 0 Å². The number of hydrogen-bond donors (Lipinski definition) is 1. The lowest BCUT2D eigenvalue weighted by molar-refractivity contribution is -0.125. The lowest BCUT2D eigenvalue weighted by atomic mass is 9.94. The number of carbonyl (C=O) groups excluding carboxylic acids is 1. The quantitative estimate of drug-likeness (QED) is 0.874. The monoisotopic (exact) mass is 297 g/mol. The van der Waals surface area contributed by atoms with Gasteiger partial charge in [-0.3, -0.25) is 19.4 Å². The summed E-state index contributed by atoms with van der Waals surface area (Å²) < 4.78 is 1.77. The van der Waals surface area contributed by atoms with Gasteiger partial charge in [-0.15, -0.1) is 0 Å². The molecular formula is C16H19N5O. The molecule has 1 N–H and O–H groups in total. The Hall–Kier alpha value is -2.50. The van der Waals surface area contributed by atoms with Gasteiger partial charge in [0.05, 0.1) is 18.4 Å². The number of nitrogens with zero attached hydrogens (tertiary/aromatic N) is 4. The molecule has 0 bridgehead atoms. The molecule has 0 saturated heterocycles. The molecule has 0 unspecified atom stereocenters. The number of amides is 1. The molecule has 2 aromatic heterocycles. The lowest BCUT2D eigenvalue weighted by Crippen LogP contribution is -2.31. The molecule has 0 saturated carbocycles. The molecule has 1 aliphatic carbocycles. The molecule has 1 aliphatic rings. The zero-order valence-electron chi connectivity index (χ0n) is 12.6. The van der Waals surface area contributed by atoms with E-state index in [-0.39, 0.29) is 11.8 Å². The number of allylic oxidation sites excluding steroid dienone is 2. The summed E-state index contributed by atoms with van der Waals surface area (Å²) in [5.74, 6) is 0.212. The molecule has 6 nitrogen and oxygen atoms in total. The summed E-state index contributed by atoms with van der Waals surface area (Å²) in [4.78, 5) is 20.4. The summed E-state index contributed by atoms with van der Waals surface area (Å²) in [5.41, 5.74) is 2.44. The third-order valence-corrected chi connectivity index (χ3v) is 3.89. The predicted molar refractivity (Wildman–Crippen MR) is 82.6 cm³/mol. The highest BCUT2D eigenvalue weighted by atomic mass is 16.1. The molecule has 22 heavy (non-hydrogen) atoms. The van der Waals surface area contributed by atoms with Crippen molar-refractivity contribution < 1.29 is 4.79 Å². The molecule has 0 aliphatic heterocycles. The summed E-state index contributed by atoms with van der Waals surface area (Å²) in [6, 6.07) is 1.94. The van der Waals surface area contributed by atoms with Gasteiger partial charge in [-0.05, 0) is 25.3 Å². The third-order valence-electron chi connectivity index (χ3n) is 3.89. The van der Waals surface area contributed by atoms with Crippen LogP contribution in [-0.4, -0.2) is 25.7 Å². The van der Waals surface area contributed by atoms with Crippen LogP contribution in [0.5, 0.6) is 0 Å². The van der Waals surface area contributed by atoms with Gasteiger partial charge in [-0.2, -0.15) is 5.10 Å². The molecular weight excluding hydrogens is 278 g/mol. The van der Waals surface area contributed by atoms with Gasteiger partial charge in [0.25, 0.3) is 0 Å². The Labute approximate surface area is 129 Å². The SMILES string of the molecule is Cn1nc(-c2cnccn2)cc1CNC(=O)[C@H]1CC=CCC1. The predicted octanol–water partition coefficient (Wildman–Crippen LogP) is 1.85. The number of hydrogen-bond acceptors (Lipinski definition) is 4. The first-order valence-corrected chi connectivity index (χ1v) is 7.46. The van der Waals surface area contributed by atoms with Crippen LogP contribution in [0, 0.1) is 5.92 Å². The van der Waals surface area contributed by atoms with Gasteiger partial charge in [-0.25, -0.2) is 0 Å². The van der Waals surface area contributed by atoms with Gasteiger partial charge in [0.15, 0.2) is 0 Å². The molecule has 3 rings (SSSR count). The van der Waals surface area contributed by atoms with E-state index in [0.29, 0.717) is 6.54 Å². The van der Waals surface area contributed by atoms with Crippen LogP contribution in [-0.2, 0) is 18.4 Å². The second-order valence-corrected chi connectivity index (χ2v) is 5.43. The Kier molecular flexibility index (Phi) is 4.27. The molecule has 0 aromatic carbocycles. The van der Waals surface area contributed by atoms with Crippen molar-refractivity contribution in [2.75, 3.05) is 0 Å². The van der Waals surface area contributed by atoms with Crippen molar-refractivity contribution in [3.63, 3.8) is 0 Å². The number of nitrogens with one attached hydrogen (secondary N) is 1. The molecule has 0 fully saturated rings. The Balaban J connectivity index is 1.64. The van der Waals surface area contributed by atoms with Crippen molar-refractivity contribution in [2.24, 2.45) is 13.0 Å². The minimum Gasteiger partial charge on any atom is -0.350 e. The first kappa shape index (κ1) is 14.4. The topological polar surface area (TPSA) is 72.7 Å². The van der Waals surface area contributed by atoms with Crippen molar-refractivity contribution >= 4 is 5.91 Å². The lowest BCUT2D eigenvalue weighted by Gasteiger charge is -2.17. The van der Waals surface area contributed by atoms with Gasteiger partial charge >= 0.3 is 0 Å². The Morgan fingerprint density at radius 1 is 1.36 bits per heavy atom. The third kappa shape index (κ3) is 3.21. The van der Waals surface area contributed by atoms with Crippen LogP contribution in [0.2, 0.25) is 0 Å². The van der Waals surface area contributed by atoms with Crippen LogP contribution in [0.3, 0.4) is 0 Å². The number of rotatable bonds is 4. The maximum atomic E-state index is 12.2. The zero-order chi connectivity index (χ0) is 15.4. The molecule has 0 radical (unpaired) electrons. The highest BCUT2D eigenvalue weighted by Gasteiger charge is 2.18. The van der Waals surface area contributed by atoms with Crippen LogP contribution in [0.25, 0.3) is 11.4 Å². The van der Waals surface area contributed by atoms with Gasteiger partial charge in [0.1, 0.15) is 11.4 Å². The van der Waals surface area contributed by atoms with E-state index < -0.39 is 0 Å². The van der Waals surface area contributed by atoms with E-state index in [1.807, 2.05) is 13.1 Å². The number of aromatic nitrogens is 4. The Bertz CT molecular complexity index is 677. The van der Waals surface area contributed by atoms with Crippen LogP contribution in [0.15, 0.2) is 36.8 Å². The summed E-state index contributed by atoms with van der Waals surface area (Å²) in [7, 11) is 1.87. The molecule has 114 valence electrons. The normalized spacial score (nSPS) is 17.4. The maximum Gasteiger partial charge on any atom is 0.223 e. The van der Waals surface area contributed by atoms with E-state index in [9.17, 15) is 4.79 Å². The van der Waals surface area contributed by atoms with E-state index in [0.717, 1.165) is 36.3 Å². The average Bonchev–Trinajstić information content (AvgIpc) is 2.95. The van der Waals surface area contributed by atoms with E-state index >= 15 is 0 Å². The second kappa shape index (κ2) is 6.51. The van der Waals surface area contributed by atoms with E-state index in [1.54, 1.807) is 23.3 Å². The highest BCUT2D eigenvalue weighted by molar-refractivity contribution is 5.78.